The van der Waals surface area contributed by atoms with Crippen molar-refractivity contribution in [1.82, 2.24) is 0 Å². The van der Waals surface area contributed by atoms with Gasteiger partial charge in [-0.1, -0.05) is 182 Å². The van der Waals surface area contributed by atoms with E-state index in [0.29, 0.717) is 19.3 Å². The van der Waals surface area contributed by atoms with Crippen LogP contribution >= 0.6 is 0 Å². The van der Waals surface area contributed by atoms with Crippen LogP contribution in [0, 0.1) is 5.92 Å². The van der Waals surface area contributed by atoms with E-state index in [1.165, 1.54) is 109 Å². The maximum absolute atomic E-state index is 12.6. The Bertz CT molecular complexity index is 706. The van der Waals surface area contributed by atoms with Crippen LogP contribution in [0.25, 0.3) is 0 Å². The Labute approximate surface area is 291 Å². The molecular formula is C41H78O6. The van der Waals surface area contributed by atoms with Crippen molar-refractivity contribution >= 4 is 17.9 Å². The van der Waals surface area contributed by atoms with Crippen LogP contribution < -0.4 is 0 Å². The van der Waals surface area contributed by atoms with E-state index >= 15 is 0 Å². The van der Waals surface area contributed by atoms with Gasteiger partial charge in [-0.2, -0.15) is 0 Å². The lowest BCUT2D eigenvalue weighted by atomic mass is 10.0. The summed E-state index contributed by atoms with van der Waals surface area (Å²) in [7, 11) is 0. The Kier molecular flexibility index (Phi) is 34.5. The van der Waals surface area contributed by atoms with E-state index in [4.69, 9.17) is 14.2 Å². The Morgan fingerprint density at radius 2 is 0.702 bits per heavy atom. The molecule has 0 aliphatic heterocycles. The van der Waals surface area contributed by atoms with Gasteiger partial charge in [0.15, 0.2) is 6.10 Å². The fraction of sp³-hybridized carbons (Fsp3) is 0.927. The van der Waals surface area contributed by atoms with Crippen LogP contribution in [0.3, 0.4) is 0 Å². The van der Waals surface area contributed by atoms with E-state index in [1.807, 2.05) is 0 Å². The minimum absolute atomic E-state index is 0.0656. The normalized spacial score (nSPS) is 11.9. The van der Waals surface area contributed by atoms with Crippen LogP contribution in [0.1, 0.15) is 220 Å². The molecule has 0 aromatic carbocycles. The molecule has 6 nitrogen and oxygen atoms in total. The van der Waals surface area contributed by atoms with Gasteiger partial charge in [-0.25, -0.2) is 0 Å². The topological polar surface area (TPSA) is 78.9 Å². The fourth-order valence-corrected chi connectivity index (χ4v) is 5.92. The van der Waals surface area contributed by atoms with Crippen molar-refractivity contribution in [3.05, 3.63) is 0 Å². The standard InChI is InChI=1S/C41H78O6/c1-5-7-9-11-12-13-14-18-21-25-29-33-40(43)46-36-38(35-45-39(42)32-28-23-10-8-6-2)47-41(44)34-30-26-22-19-16-15-17-20-24-27-31-37(3)4/h37-38H,5-36H2,1-4H3/t38-/m0/s1. The van der Waals surface area contributed by atoms with Crippen molar-refractivity contribution < 1.29 is 28.6 Å². The molecule has 0 saturated heterocycles. The van der Waals surface area contributed by atoms with Crippen molar-refractivity contribution in [2.24, 2.45) is 5.92 Å². The first kappa shape index (κ1) is 45.4. The molecule has 0 saturated carbocycles. The van der Waals surface area contributed by atoms with Crippen LogP contribution in [-0.4, -0.2) is 37.2 Å². The van der Waals surface area contributed by atoms with Gasteiger partial charge in [-0.15, -0.1) is 0 Å². The van der Waals surface area contributed by atoms with E-state index in [0.717, 1.165) is 70.1 Å². The van der Waals surface area contributed by atoms with Crippen molar-refractivity contribution in [2.75, 3.05) is 13.2 Å². The Morgan fingerprint density at radius 3 is 1.04 bits per heavy atom. The maximum Gasteiger partial charge on any atom is 0.306 e. The highest BCUT2D eigenvalue weighted by Gasteiger charge is 2.19. The minimum Gasteiger partial charge on any atom is -0.462 e. The minimum atomic E-state index is -0.756. The molecule has 0 heterocycles. The van der Waals surface area contributed by atoms with E-state index in [2.05, 4.69) is 27.7 Å². The summed E-state index contributed by atoms with van der Waals surface area (Å²) in [6, 6.07) is 0. The van der Waals surface area contributed by atoms with E-state index in [-0.39, 0.29) is 31.1 Å². The molecule has 0 radical (unpaired) electrons. The average Bonchev–Trinajstić information content (AvgIpc) is 3.05. The monoisotopic (exact) mass is 667 g/mol. The second-order valence-corrected chi connectivity index (χ2v) is 14.4. The highest BCUT2D eigenvalue weighted by atomic mass is 16.6. The third kappa shape index (κ3) is 35.5. The first-order chi connectivity index (χ1) is 22.9. The lowest BCUT2D eigenvalue weighted by molar-refractivity contribution is -0.167. The summed E-state index contributed by atoms with van der Waals surface area (Å²) in [5.74, 6) is -0.0596. The zero-order chi connectivity index (χ0) is 34.6. The van der Waals surface area contributed by atoms with Gasteiger partial charge in [-0.05, 0) is 25.2 Å². The molecule has 47 heavy (non-hydrogen) atoms. The van der Waals surface area contributed by atoms with E-state index in [1.54, 1.807) is 0 Å². The van der Waals surface area contributed by atoms with Gasteiger partial charge in [-0.3, -0.25) is 14.4 Å². The molecule has 0 spiro atoms. The average molecular weight is 667 g/mol. The maximum atomic E-state index is 12.6. The van der Waals surface area contributed by atoms with Crippen LogP contribution in [0.15, 0.2) is 0 Å². The molecule has 278 valence electrons. The zero-order valence-corrected chi connectivity index (χ0v) is 31.7. The summed E-state index contributed by atoms with van der Waals surface area (Å²) < 4.78 is 16.5. The van der Waals surface area contributed by atoms with Gasteiger partial charge in [0, 0.05) is 19.3 Å². The summed E-state index contributed by atoms with van der Waals surface area (Å²) in [5, 5.41) is 0. The summed E-state index contributed by atoms with van der Waals surface area (Å²) in [4.78, 5) is 37.3. The molecule has 0 aliphatic carbocycles. The largest absolute Gasteiger partial charge is 0.462 e. The third-order valence-electron chi connectivity index (χ3n) is 9.04. The van der Waals surface area contributed by atoms with Crippen molar-refractivity contribution in [2.45, 2.75) is 226 Å². The molecule has 0 aliphatic rings. The molecule has 0 bridgehead atoms. The van der Waals surface area contributed by atoms with Gasteiger partial charge < -0.3 is 14.2 Å². The number of hydrogen-bond donors (Lipinski definition) is 0. The van der Waals surface area contributed by atoms with Crippen LogP contribution in [0.2, 0.25) is 0 Å². The third-order valence-corrected chi connectivity index (χ3v) is 9.04. The van der Waals surface area contributed by atoms with Gasteiger partial charge >= 0.3 is 17.9 Å². The Morgan fingerprint density at radius 1 is 0.404 bits per heavy atom. The number of unbranched alkanes of at least 4 members (excludes halogenated alkanes) is 23. The predicted octanol–water partition coefficient (Wildman–Crippen LogP) is 12.4. The molecule has 0 aromatic rings. The second kappa shape index (κ2) is 35.7. The van der Waals surface area contributed by atoms with Gasteiger partial charge in [0.2, 0.25) is 0 Å². The first-order valence-electron chi connectivity index (χ1n) is 20.4. The van der Waals surface area contributed by atoms with E-state index < -0.39 is 6.10 Å². The van der Waals surface area contributed by atoms with Crippen molar-refractivity contribution in [3.63, 3.8) is 0 Å². The molecule has 0 aromatic heterocycles. The van der Waals surface area contributed by atoms with Gasteiger partial charge in [0.25, 0.3) is 0 Å². The number of ether oxygens (including phenoxy) is 3. The first-order valence-corrected chi connectivity index (χ1v) is 20.4. The smallest absolute Gasteiger partial charge is 0.306 e. The lowest BCUT2D eigenvalue weighted by Gasteiger charge is -2.18. The molecular weight excluding hydrogens is 588 g/mol. The predicted molar refractivity (Wildman–Crippen MR) is 196 cm³/mol. The molecule has 0 amide bonds. The SMILES string of the molecule is CCCCCCCCCCCCCC(=O)OC[C@H](COC(=O)CCCCCCC)OC(=O)CCCCCCCCCCCCC(C)C. The number of hydrogen-bond acceptors (Lipinski definition) is 6. The number of carbonyl (C=O) groups is 3. The summed E-state index contributed by atoms with van der Waals surface area (Å²) in [5.41, 5.74) is 0. The number of carbonyl (C=O) groups excluding carboxylic acids is 3. The number of esters is 3. The molecule has 1 atom stereocenters. The second-order valence-electron chi connectivity index (χ2n) is 14.4. The molecule has 0 N–H and O–H groups in total. The Balaban J connectivity index is 4.25. The highest BCUT2D eigenvalue weighted by Crippen LogP contribution is 2.15. The zero-order valence-electron chi connectivity index (χ0n) is 31.7. The van der Waals surface area contributed by atoms with Crippen molar-refractivity contribution in [1.29, 1.82) is 0 Å². The van der Waals surface area contributed by atoms with E-state index in [9.17, 15) is 14.4 Å². The van der Waals surface area contributed by atoms with Crippen LogP contribution in [0.4, 0.5) is 0 Å². The quantitative estimate of drug-likeness (QED) is 0.0376. The Hall–Kier alpha value is -1.59. The summed E-state index contributed by atoms with van der Waals surface area (Å²) >= 11 is 0. The van der Waals surface area contributed by atoms with Gasteiger partial charge in [0.05, 0.1) is 0 Å². The molecule has 0 unspecified atom stereocenters. The summed E-state index contributed by atoms with van der Waals surface area (Å²) in [6.07, 6.45) is 32.6. The molecule has 0 rings (SSSR count). The molecule has 6 heteroatoms. The number of rotatable bonds is 36. The van der Waals surface area contributed by atoms with Crippen LogP contribution in [-0.2, 0) is 28.6 Å². The lowest BCUT2D eigenvalue weighted by Crippen LogP contribution is -2.30. The fourth-order valence-electron chi connectivity index (χ4n) is 5.92. The van der Waals surface area contributed by atoms with Crippen molar-refractivity contribution in [3.8, 4) is 0 Å². The highest BCUT2D eigenvalue weighted by molar-refractivity contribution is 5.71. The van der Waals surface area contributed by atoms with Gasteiger partial charge in [0.1, 0.15) is 13.2 Å². The summed E-state index contributed by atoms with van der Waals surface area (Å²) in [6.45, 7) is 8.87. The molecule has 0 fully saturated rings. The van der Waals surface area contributed by atoms with Crippen LogP contribution in [0.5, 0.6) is 0 Å².